The molecule has 28 heavy (non-hydrogen) atoms. The molecule has 3 N–H and O–H groups in total. The lowest BCUT2D eigenvalue weighted by Crippen LogP contribution is -2.41. The second-order valence-corrected chi connectivity index (χ2v) is 6.85. The topological polar surface area (TPSA) is 84.0 Å². The third-order valence-corrected chi connectivity index (χ3v) is 4.99. The van der Waals surface area contributed by atoms with Crippen LogP contribution in [0.25, 0.3) is 0 Å². The first kappa shape index (κ1) is 18.2. The molecule has 1 amide bonds. The molecule has 2 aromatic carbocycles. The van der Waals surface area contributed by atoms with Crippen LogP contribution in [0.3, 0.4) is 0 Å². The lowest BCUT2D eigenvalue weighted by molar-refractivity contribution is -0.116. The van der Waals surface area contributed by atoms with E-state index in [1.807, 2.05) is 36.4 Å². The molecule has 7 heteroatoms. The summed E-state index contributed by atoms with van der Waals surface area (Å²) in [6.07, 6.45) is 1.31. The number of ether oxygens (including phenoxy) is 2. The molecule has 0 radical (unpaired) electrons. The molecule has 0 aromatic heterocycles. The van der Waals surface area contributed by atoms with Gasteiger partial charge in [-0.25, -0.2) is 0 Å². The standard InChI is InChI=1S/C21H24N4O3/c1-22-21(23-9-8-14-6-7-18-19(10-14)28-13-27-18)24-12-15-11-20(26)25-17-5-3-2-4-16(15)17/h2-7,10,15H,8-9,11-13H2,1H3,(H,25,26)(H2,22,23,24). The molecule has 1 unspecified atom stereocenters. The highest BCUT2D eigenvalue weighted by Crippen LogP contribution is 2.33. The summed E-state index contributed by atoms with van der Waals surface area (Å²) in [5.74, 6) is 2.50. The van der Waals surface area contributed by atoms with Crippen LogP contribution in [0.2, 0.25) is 0 Å². The molecule has 4 rings (SSSR count). The maximum Gasteiger partial charge on any atom is 0.231 e. The largest absolute Gasteiger partial charge is 0.454 e. The summed E-state index contributed by atoms with van der Waals surface area (Å²) in [4.78, 5) is 16.2. The predicted molar refractivity (Wildman–Crippen MR) is 108 cm³/mol. The van der Waals surface area contributed by atoms with Gasteiger partial charge in [0.15, 0.2) is 17.5 Å². The molecular formula is C21H24N4O3. The van der Waals surface area contributed by atoms with E-state index >= 15 is 0 Å². The van der Waals surface area contributed by atoms with Crippen LogP contribution in [0.4, 0.5) is 5.69 Å². The number of nitrogens with zero attached hydrogens (tertiary/aromatic N) is 1. The van der Waals surface area contributed by atoms with Crippen LogP contribution in [0, 0.1) is 0 Å². The zero-order valence-electron chi connectivity index (χ0n) is 15.8. The molecule has 0 spiro atoms. The summed E-state index contributed by atoms with van der Waals surface area (Å²) < 4.78 is 10.8. The first-order valence-corrected chi connectivity index (χ1v) is 9.45. The first-order valence-electron chi connectivity index (χ1n) is 9.45. The maximum atomic E-state index is 12.0. The average molecular weight is 380 g/mol. The van der Waals surface area contributed by atoms with Gasteiger partial charge in [0, 0.05) is 38.2 Å². The highest BCUT2D eigenvalue weighted by molar-refractivity contribution is 5.94. The van der Waals surface area contributed by atoms with Crippen molar-refractivity contribution in [3.05, 3.63) is 53.6 Å². The van der Waals surface area contributed by atoms with Crippen molar-refractivity contribution in [3.63, 3.8) is 0 Å². The Labute approximate surface area is 164 Å². The van der Waals surface area contributed by atoms with Crippen LogP contribution in [-0.4, -0.2) is 38.8 Å². The maximum absolute atomic E-state index is 12.0. The van der Waals surface area contributed by atoms with Crippen LogP contribution in [-0.2, 0) is 11.2 Å². The van der Waals surface area contributed by atoms with E-state index in [9.17, 15) is 4.79 Å². The van der Waals surface area contributed by atoms with Gasteiger partial charge in [-0.15, -0.1) is 0 Å². The fourth-order valence-electron chi connectivity index (χ4n) is 3.55. The third kappa shape index (κ3) is 4.03. The van der Waals surface area contributed by atoms with E-state index in [0.29, 0.717) is 13.0 Å². The normalized spacial score (nSPS) is 17.7. The van der Waals surface area contributed by atoms with Gasteiger partial charge in [-0.05, 0) is 35.7 Å². The SMILES string of the molecule is CN=C(NCCc1ccc2c(c1)OCO2)NCC1CC(=O)Nc2ccccc21. The van der Waals surface area contributed by atoms with E-state index in [0.717, 1.165) is 41.7 Å². The van der Waals surface area contributed by atoms with Gasteiger partial charge in [-0.3, -0.25) is 9.79 Å². The molecule has 146 valence electrons. The van der Waals surface area contributed by atoms with Crippen molar-refractivity contribution in [2.45, 2.75) is 18.8 Å². The number of fused-ring (bicyclic) bond motifs is 2. The fourth-order valence-corrected chi connectivity index (χ4v) is 3.55. The molecule has 2 aromatic rings. The second-order valence-electron chi connectivity index (χ2n) is 6.85. The van der Waals surface area contributed by atoms with Gasteiger partial charge >= 0.3 is 0 Å². The summed E-state index contributed by atoms with van der Waals surface area (Å²) in [5.41, 5.74) is 3.23. The van der Waals surface area contributed by atoms with Crippen molar-refractivity contribution in [1.82, 2.24) is 10.6 Å². The Morgan fingerprint density at radius 1 is 1.18 bits per heavy atom. The van der Waals surface area contributed by atoms with Crippen LogP contribution in [0.1, 0.15) is 23.5 Å². The van der Waals surface area contributed by atoms with Gasteiger partial charge in [0.2, 0.25) is 12.7 Å². The lowest BCUT2D eigenvalue weighted by atomic mass is 9.90. The zero-order valence-corrected chi connectivity index (χ0v) is 15.8. The number of nitrogens with one attached hydrogen (secondary N) is 3. The molecule has 0 fully saturated rings. The van der Waals surface area contributed by atoms with Crippen LogP contribution in [0.15, 0.2) is 47.5 Å². The monoisotopic (exact) mass is 380 g/mol. The van der Waals surface area contributed by atoms with Gasteiger partial charge in [-0.1, -0.05) is 24.3 Å². The highest BCUT2D eigenvalue weighted by atomic mass is 16.7. The molecule has 2 aliphatic heterocycles. The smallest absolute Gasteiger partial charge is 0.231 e. The average Bonchev–Trinajstić information content (AvgIpc) is 3.18. The minimum Gasteiger partial charge on any atom is -0.454 e. The van der Waals surface area contributed by atoms with E-state index in [2.05, 4.69) is 27.0 Å². The number of rotatable bonds is 5. The van der Waals surface area contributed by atoms with E-state index in [1.165, 1.54) is 5.56 Å². The predicted octanol–water partition coefficient (Wildman–Crippen LogP) is 2.25. The highest BCUT2D eigenvalue weighted by Gasteiger charge is 2.24. The Bertz CT molecular complexity index is 897. The second kappa shape index (κ2) is 8.21. The van der Waals surface area contributed by atoms with Crippen LogP contribution < -0.4 is 25.4 Å². The van der Waals surface area contributed by atoms with Crippen molar-refractivity contribution in [2.24, 2.45) is 4.99 Å². The van der Waals surface area contributed by atoms with Crippen molar-refractivity contribution in [1.29, 1.82) is 0 Å². The molecular weight excluding hydrogens is 356 g/mol. The van der Waals surface area contributed by atoms with Crippen molar-refractivity contribution in [3.8, 4) is 11.5 Å². The van der Waals surface area contributed by atoms with Gasteiger partial charge in [0.1, 0.15) is 0 Å². The van der Waals surface area contributed by atoms with Crippen molar-refractivity contribution >= 4 is 17.6 Å². The van der Waals surface area contributed by atoms with E-state index < -0.39 is 0 Å². The van der Waals surface area contributed by atoms with Gasteiger partial charge in [-0.2, -0.15) is 0 Å². The van der Waals surface area contributed by atoms with Crippen molar-refractivity contribution in [2.75, 3.05) is 32.2 Å². The molecule has 0 aliphatic carbocycles. The number of carbonyl (C=O) groups excluding carboxylic acids is 1. The molecule has 0 saturated carbocycles. The molecule has 0 saturated heterocycles. The fraction of sp³-hybridized carbons (Fsp3) is 0.333. The summed E-state index contributed by atoms with van der Waals surface area (Å²) in [7, 11) is 1.75. The molecule has 1 atom stereocenters. The minimum absolute atomic E-state index is 0.0521. The minimum atomic E-state index is 0.0521. The van der Waals surface area contributed by atoms with Crippen LogP contribution >= 0.6 is 0 Å². The summed E-state index contributed by atoms with van der Waals surface area (Å²) >= 11 is 0. The lowest BCUT2D eigenvalue weighted by Gasteiger charge is -2.26. The number of amides is 1. The number of aliphatic imine (C=N–C) groups is 1. The number of hydrogen-bond acceptors (Lipinski definition) is 4. The van der Waals surface area contributed by atoms with Crippen LogP contribution in [0.5, 0.6) is 11.5 Å². The number of guanidine groups is 1. The molecule has 0 bridgehead atoms. The number of para-hydroxylation sites is 1. The van der Waals surface area contributed by atoms with Gasteiger partial charge in [0.05, 0.1) is 0 Å². The summed E-state index contributed by atoms with van der Waals surface area (Å²) in [5, 5.41) is 9.60. The molecule has 2 heterocycles. The quantitative estimate of drug-likeness (QED) is 0.547. The Morgan fingerprint density at radius 3 is 2.93 bits per heavy atom. The van der Waals surface area contributed by atoms with Gasteiger partial charge < -0.3 is 25.4 Å². The Kier molecular flexibility index (Phi) is 5.32. The number of anilines is 1. The number of hydrogen-bond donors (Lipinski definition) is 3. The zero-order chi connectivity index (χ0) is 19.3. The number of benzene rings is 2. The summed E-state index contributed by atoms with van der Waals surface area (Å²) in [6, 6.07) is 13.9. The molecule has 2 aliphatic rings. The van der Waals surface area contributed by atoms with Gasteiger partial charge in [0.25, 0.3) is 0 Å². The van der Waals surface area contributed by atoms with E-state index in [4.69, 9.17) is 9.47 Å². The van der Waals surface area contributed by atoms with E-state index in [1.54, 1.807) is 7.05 Å². The number of carbonyl (C=O) groups is 1. The summed E-state index contributed by atoms with van der Waals surface area (Å²) in [6.45, 7) is 1.67. The Balaban J connectivity index is 1.29. The van der Waals surface area contributed by atoms with Crippen molar-refractivity contribution < 1.29 is 14.3 Å². The van der Waals surface area contributed by atoms with E-state index in [-0.39, 0.29) is 18.6 Å². The molecule has 7 nitrogen and oxygen atoms in total. The Morgan fingerprint density at radius 2 is 2.04 bits per heavy atom. The first-order chi connectivity index (χ1) is 13.7. The third-order valence-electron chi connectivity index (χ3n) is 4.99. The Hall–Kier alpha value is -3.22.